The topological polar surface area (TPSA) is 61.4 Å². The second kappa shape index (κ2) is 6.81. The van der Waals surface area contributed by atoms with Crippen LogP contribution in [0.5, 0.6) is 0 Å². The average Bonchev–Trinajstić information content (AvgIpc) is 3.16. The van der Waals surface area contributed by atoms with Crippen molar-refractivity contribution in [3.8, 4) is 5.69 Å². The molecule has 0 saturated heterocycles. The Labute approximate surface area is 145 Å². The quantitative estimate of drug-likeness (QED) is 0.521. The van der Waals surface area contributed by atoms with Crippen LogP contribution < -0.4 is 0 Å². The van der Waals surface area contributed by atoms with Gasteiger partial charge in [-0.15, -0.1) is 0 Å². The van der Waals surface area contributed by atoms with Crippen LogP contribution in [0.3, 0.4) is 0 Å². The van der Waals surface area contributed by atoms with E-state index in [1.165, 1.54) is 6.07 Å². The zero-order valence-electron chi connectivity index (χ0n) is 14.4. The molecule has 0 fully saturated rings. The first kappa shape index (κ1) is 16.8. The minimum absolute atomic E-state index is 0.0973. The number of benzene rings is 1. The first-order chi connectivity index (χ1) is 12.0. The number of para-hydroxylation sites is 1. The highest BCUT2D eigenvalue weighted by Gasteiger charge is 2.19. The van der Waals surface area contributed by atoms with Gasteiger partial charge in [0.15, 0.2) is 6.61 Å². The molecular weight excluding hydrogens is 318 g/mol. The highest BCUT2D eigenvalue weighted by molar-refractivity contribution is 6.00. The van der Waals surface area contributed by atoms with Gasteiger partial charge < -0.3 is 13.7 Å². The van der Waals surface area contributed by atoms with Crippen molar-refractivity contribution in [2.24, 2.45) is 0 Å². The summed E-state index contributed by atoms with van der Waals surface area (Å²) >= 11 is 0. The summed E-state index contributed by atoms with van der Waals surface area (Å²) in [5.74, 6) is -0.171. The number of aromatic nitrogens is 1. The molecule has 0 saturated carbocycles. The number of carbonyl (C=O) groups excluding carboxylic acids is 2. The number of furan rings is 1. The fourth-order valence-corrected chi connectivity index (χ4v) is 2.84. The largest absolute Gasteiger partial charge is 0.454 e. The Morgan fingerprint density at radius 2 is 1.76 bits per heavy atom. The lowest BCUT2D eigenvalue weighted by Crippen LogP contribution is -2.14. The van der Waals surface area contributed by atoms with Gasteiger partial charge in [0.25, 0.3) is 0 Å². The average molecular weight is 337 g/mol. The van der Waals surface area contributed by atoms with Crippen molar-refractivity contribution in [2.75, 3.05) is 6.61 Å². The van der Waals surface area contributed by atoms with E-state index in [2.05, 4.69) is 0 Å². The zero-order chi connectivity index (χ0) is 18.0. The normalized spacial score (nSPS) is 10.7. The summed E-state index contributed by atoms with van der Waals surface area (Å²) in [5.41, 5.74) is 3.29. The van der Waals surface area contributed by atoms with Gasteiger partial charge in [-0.1, -0.05) is 18.2 Å². The van der Waals surface area contributed by atoms with Crippen LogP contribution in [-0.4, -0.2) is 22.9 Å². The number of ether oxygens (including phenoxy) is 1. The van der Waals surface area contributed by atoms with Crippen LogP contribution in [0.15, 0.2) is 52.9 Å². The van der Waals surface area contributed by atoms with Crippen LogP contribution in [0.25, 0.3) is 5.69 Å². The summed E-state index contributed by atoms with van der Waals surface area (Å²) in [6, 6.07) is 14.8. The Bertz CT molecular complexity index is 919. The molecule has 0 N–H and O–H groups in total. The van der Waals surface area contributed by atoms with Gasteiger partial charge in [0.2, 0.25) is 11.5 Å². The number of hydrogen-bond acceptors (Lipinski definition) is 4. The molecule has 0 amide bonds. The van der Waals surface area contributed by atoms with Crippen LogP contribution in [-0.2, 0) is 4.74 Å². The Kier molecular flexibility index (Phi) is 4.57. The molecule has 25 heavy (non-hydrogen) atoms. The van der Waals surface area contributed by atoms with E-state index in [1.807, 2.05) is 54.8 Å². The van der Waals surface area contributed by atoms with E-state index >= 15 is 0 Å². The van der Waals surface area contributed by atoms with E-state index in [0.717, 1.165) is 17.1 Å². The molecule has 5 heteroatoms. The number of Topliss-reactive ketones (excluding diaryl/α,β-unsaturated/α-hetero) is 1. The first-order valence-corrected chi connectivity index (χ1v) is 7.98. The fraction of sp³-hybridized carbons (Fsp3) is 0.200. The molecule has 2 aromatic heterocycles. The molecule has 5 nitrogen and oxygen atoms in total. The van der Waals surface area contributed by atoms with Gasteiger partial charge in [-0.05, 0) is 51.1 Å². The summed E-state index contributed by atoms with van der Waals surface area (Å²) in [6.07, 6.45) is 0. The molecule has 0 aliphatic rings. The van der Waals surface area contributed by atoms with Crippen LogP contribution in [0.1, 0.15) is 38.1 Å². The van der Waals surface area contributed by atoms with Gasteiger partial charge in [-0.25, -0.2) is 4.79 Å². The predicted octanol–water partition coefficient (Wildman–Crippen LogP) is 4.04. The van der Waals surface area contributed by atoms with Gasteiger partial charge >= 0.3 is 5.97 Å². The number of hydrogen-bond donors (Lipinski definition) is 0. The molecule has 0 atom stereocenters. The Hall–Kier alpha value is -3.08. The monoisotopic (exact) mass is 337 g/mol. The highest BCUT2D eigenvalue weighted by Crippen LogP contribution is 2.21. The van der Waals surface area contributed by atoms with Crippen LogP contribution in [0.4, 0.5) is 0 Å². The standard InChI is InChI=1S/C20H19NO4/c1-13-11-17(15(3)21(13)16-7-5-4-6-8-16)18(22)12-24-20(23)19-10-9-14(2)25-19/h4-11H,12H2,1-3H3. The van der Waals surface area contributed by atoms with E-state index < -0.39 is 5.97 Å². The summed E-state index contributed by atoms with van der Waals surface area (Å²) < 4.78 is 12.3. The molecule has 0 aliphatic heterocycles. The summed E-state index contributed by atoms with van der Waals surface area (Å²) in [7, 11) is 0. The smallest absolute Gasteiger partial charge is 0.374 e. The van der Waals surface area contributed by atoms with Gasteiger partial charge in [0.1, 0.15) is 5.76 Å². The summed E-state index contributed by atoms with van der Waals surface area (Å²) in [5, 5.41) is 0. The second-order valence-electron chi connectivity index (χ2n) is 5.87. The van der Waals surface area contributed by atoms with Gasteiger partial charge in [-0.3, -0.25) is 4.79 Å². The lowest BCUT2D eigenvalue weighted by molar-refractivity contribution is 0.0442. The SMILES string of the molecule is Cc1ccc(C(=O)OCC(=O)c2cc(C)n(-c3ccccc3)c2C)o1. The van der Waals surface area contributed by atoms with Crippen molar-refractivity contribution >= 4 is 11.8 Å². The van der Waals surface area contributed by atoms with Crippen LogP contribution in [0.2, 0.25) is 0 Å². The molecule has 0 unspecified atom stereocenters. The van der Waals surface area contributed by atoms with E-state index in [4.69, 9.17) is 9.15 Å². The van der Waals surface area contributed by atoms with Crippen molar-refractivity contribution in [1.82, 2.24) is 4.57 Å². The molecular formula is C20H19NO4. The lowest BCUT2D eigenvalue weighted by atomic mass is 10.1. The molecule has 0 spiro atoms. The molecule has 128 valence electrons. The van der Waals surface area contributed by atoms with Crippen molar-refractivity contribution < 1.29 is 18.7 Å². The van der Waals surface area contributed by atoms with Gasteiger partial charge in [-0.2, -0.15) is 0 Å². The number of ketones is 1. The van der Waals surface area contributed by atoms with E-state index in [9.17, 15) is 9.59 Å². The number of rotatable bonds is 5. The number of aryl methyl sites for hydroxylation is 2. The van der Waals surface area contributed by atoms with Crippen molar-refractivity contribution in [2.45, 2.75) is 20.8 Å². The van der Waals surface area contributed by atoms with Gasteiger partial charge in [0, 0.05) is 22.6 Å². The Morgan fingerprint density at radius 1 is 1.04 bits per heavy atom. The minimum atomic E-state index is -0.640. The van der Waals surface area contributed by atoms with Crippen molar-refractivity contribution in [3.63, 3.8) is 0 Å². The maximum absolute atomic E-state index is 12.5. The molecule has 3 aromatic rings. The molecule has 3 rings (SSSR count). The number of esters is 1. The summed E-state index contributed by atoms with van der Waals surface area (Å²) in [4.78, 5) is 24.4. The number of nitrogens with zero attached hydrogens (tertiary/aromatic N) is 1. The Morgan fingerprint density at radius 3 is 2.40 bits per heavy atom. The van der Waals surface area contributed by atoms with E-state index in [1.54, 1.807) is 13.0 Å². The lowest BCUT2D eigenvalue weighted by Gasteiger charge is -2.09. The first-order valence-electron chi connectivity index (χ1n) is 7.98. The third-order valence-corrected chi connectivity index (χ3v) is 4.02. The maximum Gasteiger partial charge on any atom is 0.374 e. The van der Waals surface area contributed by atoms with E-state index in [0.29, 0.717) is 11.3 Å². The fourth-order valence-electron chi connectivity index (χ4n) is 2.84. The van der Waals surface area contributed by atoms with Crippen LogP contribution >= 0.6 is 0 Å². The number of carbonyl (C=O) groups is 2. The zero-order valence-corrected chi connectivity index (χ0v) is 14.4. The Balaban J connectivity index is 1.76. The molecule has 1 aromatic carbocycles. The third-order valence-electron chi connectivity index (χ3n) is 4.02. The second-order valence-corrected chi connectivity index (χ2v) is 5.87. The van der Waals surface area contributed by atoms with Gasteiger partial charge in [0.05, 0.1) is 0 Å². The third kappa shape index (κ3) is 3.40. The molecule has 0 aliphatic carbocycles. The molecule has 2 heterocycles. The maximum atomic E-state index is 12.5. The van der Waals surface area contributed by atoms with Crippen molar-refractivity contribution in [3.05, 3.63) is 77.0 Å². The van der Waals surface area contributed by atoms with E-state index in [-0.39, 0.29) is 18.2 Å². The summed E-state index contributed by atoms with van der Waals surface area (Å²) in [6.45, 7) is 5.23. The molecule has 0 bridgehead atoms. The van der Waals surface area contributed by atoms with Crippen LogP contribution in [0, 0.1) is 20.8 Å². The van der Waals surface area contributed by atoms with Crippen molar-refractivity contribution in [1.29, 1.82) is 0 Å². The molecule has 0 radical (unpaired) electrons. The predicted molar refractivity (Wildman–Crippen MR) is 93.3 cm³/mol. The highest BCUT2D eigenvalue weighted by atomic mass is 16.5. The minimum Gasteiger partial charge on any atom is -0.454 e.